The Labute approximate surface area is 184 Å². The molecule has 0 aliphatic rings. The molecule has 0 bridgehead atoms. The molecule has 0 spiro atoms. The number of hydrogen-bond acceptors (Lipinski definition) is 3. The monoisotopic (exact) mass is 420 g/mol. The Morgan fingerprint density at radius 2 is 1.37 bits per heavy atom. The number of ether oxygens (including phenoxy) is 2. The summed E-state index contributed by atoms with van der Waals surface area (Å²) in [5.41, 5.74) is 5.61. The van der Waals surface area contributed by atoms with Gasteiger partial charge < -0.3 is 19.7 Å². The third kappa shape index (κ3) is 5.74. The molecule has 0 atom stereocenters. The summed E-state index contributed by atoms with van der Waals surface area (Å²) in [6.07, 6.45) is 0. The molecule has 3 aromatic rings. The van der Waals surface area contributed by atoms with Crippen molar-refractivity contribution in [1.29, 1.82) is 0 Å². The number of benzene rings is 3. The molecule has 0 aliphatic carbocycles. The first-order valence-electron chi connectivity index (χ1n) is 9.87. The Hall–Kier alpha value is -3.05. The van der Waals surface area contributed by atoms with Gasteiger partial charge in [-0.25, -0.2) is 0 Å². The van der Waals surface area contributed by atoms with Crippen LogP contribution >= 0.6 is 12.2 Å². The van der Waals surface area contributed by atoms with Crippen molar-refractivity contribution in [1.82, 2.24) is 4.90 Å². The number of anilines is 1. The average Bonchev–Trinajstić information content (AvgIpc) is 2.75. The van der Waals surface area contributed by atoms with Gasteiger partial charge in [0, 0.05) is 13.1 Å². The zero-order valence-corrected chi connectivity index (χ0v) is 18.8. The molecule has 0 aromatic heterocycles. The highest BCUT2D eigenvalue weighted by Gasteiger charge is 2.14. The minimum absolute atomic E-state index is 0.648. The fraction of sp³-hybridized carbons (Fsp3) is 0.240. The molecular weight excluding hydrogens is 392 g/mol. The van der Waals surface area contributed by atoms with Crippen LogP contribution in [0.4, 0.5) is 5.69 Å². The van der Waals surface area contributed by atoms with Crippen molar-refractivity contribution in [3.63, 3.8) is 0 Å². The van der Waals surface area contributed by atoms with Crippen LogP contribution in [0.3, 0.4) is 0 Å². The van der Waals surface area contributed by atoms with Gasteiger partial charge in [-0.3, -0.25) is 0 Å². The number of methoxy groups -OCH3 is 2. The van der Waals surface area contributed by atoms with Gasteiger partial charge in [-0.15, -0.1) is 0 Å². The topological polar surface area (TPSA) is 33.7 Å². The van der Waals surface area contributed by atoms with Gasteiger partial charge in [-0.2, -0.15) is 0 Å². The maximum absolute atomic E-state index is 5.82. The molecule has 0 unspecified atom stereocenters. The normalized spacial score (nSPS) is 10.4. The molecular formula is C25H28N2O2S. The van der Waals surface area contributed by atoms with Crippen LogP contribution in [0.2, 0.25) is 0 Å². The third-order valence-electron chi connectivity index (χ3n) is 4.91. The maximum atomic E-state index is 5.82. The average molecular weight is 421 g/mol. The van der Waals surface area contributed by atoms with Crippen molar-refractivity contribution in [2.24, 2.45) is 0 Å². The SMILES string of the molecule is COc1ccc(CN(Cc2ccc(C)cc2)C(=S)Nc2cc(C)ccc2OC)cc1. The summed E-state index contributed by atoms with van der Waals surface area (Å²) < 4.78 is 10.8. The van der Waals surface area contributed by atoms with E-state index in [4.69, 9.17) is 21.7 Å². The van der Waals surface area contributed by atoms with E-state index < -0.39 is 0 Å². The summed E-state index contributed by atoms with van der Waals surface area (Å²) in [5, 5.41) is 4.03. The van der Waals surface area contributed by atoms with Crippen molar-refractivity contribution in [2.75, 3.05) is 19.5 Å². The van der Waals surface area contributed by atoms with Crippen molar-refractivity contribution in [3.05, 3.63) is 89.0 Å². The fourth-order valence-electron chi connectivity index (χ4n) is 3.18. The molecule has 1 N–H and O–H groups in total. The van der Waals surface area contributed by atoms with E-state index in [-0.39, 0.29) is 0 Å². The molecule has 0 fully saturated rings. The number of thiocarbonyl (C=S) groups is 1. The lowest BCUT2D eigenvalue weighted by Gasteiger charge is -2.27. The van der Waals surface area contributed by atoms with Crippen molar-refractivity contribution in [2.45, 2.75) is 26.9 Å². The molecule has 0 heterocycles. The highest BCUT2D eigenvalue weighted by atomic mass is 32.1. The quantitative estimate of drug-likeness (QED) is 0.495. The van der Waals surface area contributed by atoms with E-state index in [0.29, 0.717) is 18.2 Å². The molecule has 3 rings (SSSR count). The van der Waals surface area contributed by atoms with Crippen LogP contribution in [0.1, 0.15) is 22.3 Å². The molecule has 0 saturated heterocycles. The first-order valence-corrected chi connectivity index (χ1v) is 10.3. The van der Waals surface area contributed by atoms with Gasteiger partial charge in [0.25, 0.3) is 0 Å². The standard InChI is InChI=1S/C25H28N2O2S/c1-18-5-8-20(9-6-18)16-27(17-21-10-12-22(28-3)13-11-21)25(30)26-23-15-19(2)7-14-24(23)29-4/h5-15H,16-17H2,1-4H3,(H,26,30). The second-order valence-electron chi connectivity index (χ2n) is 7.32. The predicted octanol–water partition coefficient (Wildman–Crippen LogP) is 5.72. The minimum Gasteiger partial charge on any atom is -0.497 e. The Balaban J connectivity index is 1.84. The van der Waals surface area contributed by atoms with Gasteiger partial charge in [-0.1, -0.05) is 48.0 Å². The first-order chi connectivity index (χ1) is 14.5. The van der Waals surface area contributed by atoms with E-state index in [2.05, 4.69) is 60.5 Å². The van der Waals surface area contributed by atoms with E-state index in [1.54, 1.807) is 14.2 Å². The number of rotatable bonds is 7. The van der Waals surface area contributed by atoms with Crippen LogP contribution in [0.15, 0.2) is 66.7 Å². The molecule has 3 aromatic carbocycles. The van der Waals surface area contributed by atoms with E-state index >= 15 is 0 Å². The summed E-state index contributed by atoms with van der Waals surface area (Å²) in [4.78, 5) is 2.16. The molecule has 0 aliphatic heterocycles. The van der Waals surface area contributed by atoms with Gasteiger partial charge in [0.1, 0.15) is 11.5 Å². The van der Waals surface area contributed by atoms with Gasteiger partial charge in [0.15, 0.2) is 5.11 Å². The predicted molar refractivity (Wildman–Crippen MR) is 127 cm³/mol. The number of aryl methyl sites for hydroxylation is 2. The van der Waals surface area contributed by atoms with Crippen LogP contribution in [0.5, 0.6) is 11.5 Å². The fourth-order valence-corrected chi connectivity index (χ4v) is 3.42. The van der Waals surface area contributed by atoms with Gasteiger partial charge in [0.05, 0.1) is 19.9 Å². The second-order valence-corrected chi connectivity index (χ2v) is 7.71. The van der Waals surface area contributed by atoms with Gasteiger partial charge >= 0.3 is 0 Å². The highest BCUT2D eigenvalue weighted by molar-refractivity contribution is 7.80. The van der Waals surface area contributed by atoms with E-state index in [9.17, 15) is 0 Å². The Bertz CT molecular complexity index is 985. The summed E-state index contributed by atoms with van der Waals surface area (Å²) in [5.74, 6) is 1.61. The third-order valence-corrected chi connectivity index (χ3v) is 5.27. The maximum Gasteiger partial charge on any atom is 0.174 e. The molecule has 30 heavy (non-hydrogen) atoms. The lowest BCUT2D eigenvalue weighted by molar-refractivity contribution is 0.405. The summed E-state index contributed by atoms with van der Waals surface area (Å²) >= 11 is 5.82. The van der Waals surface area contributed by atoms with Gasteiger partial charge in [0.2, 0.25) is 0 Å². The zero-order valence-electron chi connectivity index (χ0n) is 17.9. The molecule has 0 amide bonds. The Morgan fingerprint density at radius 3 is 1.93 bits per heavy atom. The van der Waals surface area contributed by atoms with Crippen molar-refractivity contribution < 1.29 is 9.47 Å². The van der Waals surface area contributed by atoms with Crippen LogP contribution in [0.25, 0.3) is 0 Å². The lowest BCUT2D eigenvalue weighted by atomic mass is 10.1. The number of nitrogens with one attached hydrogen (secondary N) is 1. The Kier molecular flexibility index (Phi) is 7.31. The molecule has 5 heteroatoms. The summed E-state index contributed by atoms with van der Waals surface area (Å²) in [6.45, 7) is 5.52. The highest BCUT2D eigenvalue weighted by Crippen LogP contribution is 2.26. The summed E-state index contributed by atoms with van der Waals surface area (Å²) in [6, 6.07) is 22.6. The van der Waals surface area contributed by atoms with E-state index in [1.165, 1.54) is 11.1 Å². The number of nitrogens with zero attached hydrogens (tertiary/aromatic N) is 1. The van der Waals surface area contributed by atoms with E-state index in [0.717, 1.165) is 28.3 Å². The van der Waals surface area contributed by atoms with Gasteiger partial charge in [-0.05, 0) is 67.0 Å². The van der Waals surface area contributed by atoms with Crippen molar-refractivity contribution in [3.8, 4) is 11.5 Å². The van der Waals surface area contributed by atoms with Crippen molar-refractivity contribution >= 4 is 23.0 Å². The minimum atomic E-state index is 0.648. The van der Waals surface area contributed by atoms with Crippen LogP contribution in [-0.4, -0.2) is 24.2 Å². The first kappa shape index (κ1) is 21.7. The Morgan fingerprint density at radius 1 is 0.800 bits per heavy atom. The molecule has 0 saturated carbocycles. The molecule has 156 valence electrons. The van der Waals surface area contributed by atoms with E-state index in [1.807, 2.05) is 30.3 Å². The summed E-state index contributed by atoms with van der Waals surface area (Å²) in [7, 11) is 3.34. The molecule has 0 radical (unpaired) electrons. The smallest absolute Gasteiger partial charge is 0.174 e. The zero-order chi connectivity index (χ0) is 21.5. The molecule has 4 nitrogen and oxygen atoms in total. The van der Waals surface area contributed by atoms with Crippen LogP contribution < -0.4 is 14.8 Å². The largest absolute Gasteiger partial charge is 0.497 e. The number of hydrogen-bond donors (Lipinski definition) is 1. The second kappa shape index (κ2) is 10.1. The van der Waals surface area contributed by atoms with Crippen LogP contribution in [-0.2, 0) is 13.1 Å². The lowest BCUT2D eigenvalue weighted by Crippen LogP contribution is -2.34. The van der Waals surface area contributed by atoms with Crippen LogP contribution in [0, 0.1) is 13.8 Å².